The molecular weight excluding hydrogens is 268 g/mol. The lowest BCUT2D eigenvalue weighted by molar-refractivity contribution is -0.142. The van der Waals surface area contributed by atoms with Gasteiger partial charge >= 0.3 is 5.97 Å². The fourth-order valence-electron chi connectivity index (χ4n) is 1.22. The van der Waals surface area contributed by atoms with Gasteiger partial charge in [-0.25, -0.2) is 0 Å². The number of benzene rings is 1. The second-order valence-electron chi connectivity index (χ2n) is 3.42. The molecule has 3 heteroatoms. The molecule has 2 nitrogen and oxygen atoms in total. The van der Waals surface area contributed by atoms with Crippen molar-refractivity contribution in [3.8, 4) is 0 Å². The summed E-state index contributed by atoms with van der Waals surface area (Å²) in [4.78, 5) is 11.1. The first kappa shape index (κ1) is 13.0. The fourth-order valence-corrected chi connectivity index (χ4v) is 1.62. The maximum Gasteiger partial charge on any atom is 0.309 e. The van der Waals surface area contributed by atoms with E-state index in [-0.39, 0.29) is 5.97 Å². The molecule has 16 heavy (non-hydrogen) atoms. The number of carbonyl (C=O) groups excluding carboxylic acids is 1. The summed E-state index contributed by atoms with van der Waals surface area (Å²) in [5.41, 5.74) is 2.27. The first-order valence-corrected chi connectivity index (χ1v) is 6.01. The number of halogens is 1. The van der Waals surface area contributed by atoms with E-state index in [1.807, 2.05) is 37.3 Å². The van der Waals surface area contributed by atoms with Crippen molar-refractivity contribution in [1.29, 1.82) is 0 Å². The summed E-state index contributed by atoms with van der Waals surface area (Å²) < 4.78 is 5.90. The monoisotopic (exact) mass is 282 g/mol. The number of hydrogen-bond donors (Lipinski definition) is 0. The zero-order chi connectivity index (χ0) is 12.0. The number of aryl methyl sites for hydroxylation is 1. The molecule has 0 atom stereocenters. The van der Waals surface area contributed by atoms with E-state index in [1.54, 1.807) is 6.92 Å². The molecule has 0 aliphatic heterocycles. The van der Waals surface area contributed by atoms with Crippen molar-refractivity contribution in [1.82, 2.24) is 0 Å². The third-order valence-electron chi connectivity index (χ3n) is 2.10. The molecule has 86 valence electrons. The quantitative estimate of drug-likeness (QED) is 0.787. The second-order valence-corrected chi connectivity index (χ2v) is 4.27. The minimum Gasteiger partial charge on any atom is -0.466 e. The van der Waals surface area contributed by atoms with Gasteiger partial charge in [-0.1, -0.05) is 40.2 Å². The van der Waals surface area contributed by atoms with Gasteiger partial charge in [0.05, 0.1) is 13.0 Å². The Morgan fingerprint density at radius 2 is 2.25 bits per heavy atom. The molecule has 0 bridgehead atoms. The van der Waals surface area contributed by atoms with E-state index in [0.717, 1.165) is 10.0 Å². The van der Waals surface area contributed by atoms with Gasteiger partial charge in [0, 0.05) is 4.47 Å². The van der Waals surface area contributed by atoms with Gasteiger partial charge in [-0.15, -0.1) is 0 Å². The smallest absolute Gasteiger partial charge is 0.309 e. The molecule has 1 aromatic carbocycles. The SMILES string of the molecule is CCOC(=O)CC=Cc1ccc(C)c(Br)c1. The second kappa shape index (κ2) is 6.48. The molecule has 0 N–H and O–H groups in total. The Morgan fingerprint density at radius 1 is 1.50 bits per heavy atom. The predicted molar refractivity (Wildman–Crippen MR) is 69.2 cm³/mol. The molecule has 0 saturated carbocycles. The third-order valence-corrected chi connectivity index (χ3v) is 2.95. The number of rotatable bonds is 4. The van der Waals surface area contributed by atoms with Gasteiger partial charge in [-0.2, -0.15) is 0 Å². The van der Waals surface area contributed by atoms with Crippen LogP contribution in [0.25, 0.3) is 6.08 Å². The van der Waals surface area contributed by atoms with Crippen LogP contribution in [0.3, 0.4) is 0 Å². The van der Waals surface area contributed by atoms with Crippen molar-refractivity contribution in [3.63, 3.8) is 0 Å². The van der Waals surface area contributed by atoms with E-state index < -0.39 is 0 Å². The van der Waals surface area contributed by atoms with Crippen LogP contribution in [0.2, 0.25) is 0 Å². The molecule has 0 radical (unpaired) electrons. The third kappa shape index (κ3) is 4.19. The fraction of sp³-hybridized carbons (Fsp3) is 0.308. The predicted octanol–water partition coefficient (Wildman–Crippen LogP) is 3.72. The summed E-state index contributed by atoms with van der Waals surface area (Å²) >= 11 is 3.47. The molecule has 1 rings (SSSR count). The van der Waals surface area contributed by atoms with E-state index in [2.05, 4.69) is 15.9 Å². The minimum absolute atomic E-state index is 0.190. The normalized spacial score (nSPS) is 10.7. The van der Waals surface area contributed by atoms with Crippen molar-refractivity contribution in [2.75, 3.05) is 6.61 Å². The zero-order valence-corrected chi connectivity index (χ0v) is 11.1. The molecule has 0 aromatic heterocycles. The number of esters is 1. The van der Waals surface area contributed by atoms with Gasteiger partial charge < -0.3 is 4.74 Å². The Kier molecular flexibility index (Phi) is 5.26. The van der Waals surface area contributed by atoms with Crippen LogP contribution in [0.5, 0.6) is 0 Å². The summed E-state index contributed by atoms with van der Waals surface area (Å²) in [6, 6.07) is 6.08. The number of ether oxygens (including phenoxy) is 1. The van der Waals surface area contributed by atoms with Gasteiger partial charge in [-0.05, 0) is 31.0 Å². The minimum atomic E-state index is -0.190. The maximum absolute atomic E-state index is 11.1. The number of hydrogen-bond acceptors (Lipinski definition) is 2. The van der Waals surface area contributed by atoms with Crippen molar-refractivity contribution >= 4 is 28.0 Å². The van der Waals surface area contributed by atoms with Gasteiger partial charge in [0.1, 0.15) is 0 Å². The van der Waals surface area contributed by atoms with Crippen LogP contribution < -0.4 is 0 Å². The molecule has 0 aliphatic carbocycles. The van der Waals surface area contributed by atoms with Crippen LogP contribution in [0.1, 0.15) is 24.5 Å². The van der Waals surface area contributed by atoms with E-state index in [1.165, 1.54) is 5.56 Å². The van der Waals surface area contributed by atoms with Crippen molar-refractivity contribution in [2.45, 2.75) is 20.3 Å². The van der Waals surface area contributed by atoms with Gasteiger partial charge in [0.25, 0.3) is 0 Å². The summed E-state index contributed by atoms with van der Waals surface area (Å²) in [7, 11) is 0. The van der Waals surface area contributed by atoms with Crippen LogP contribution >= 0.6 is 15.9 Å². The average molecular weight is 283 g/mol. The van der Waals surface area contributed by atoms with E-state index >= 15 is 0 Å². The average Bonchev–Trinajstić information content (AvgIpc) is 2.24. The first-order chi connectivity index (χ1) is 7.63. The molecular formula is C13H15BrO2. The van der Waals surface area contributed by atoms with Gasteiger partial charge in [0.15, 0.2) is 0 Å². The van der Waals surface area contributed by atoms with Crippen LogP contribution in [0.15, 0.2) is 28.7 Å². The van der Waals surface area contributed by atoms with Crippen molar-refractivity contribution in [2.24, 2.45) is 0 Å². The molecule has 1 aromatic rings. The molecule has 0 unspecified atom stereocenters. The van der Waals surface area contributed by atoms with E-state index in [9.17, 15) is 4.79 Å². The van der Waals surface area contributed by atoms with Crippen LogP contribution in [-0.2, 0) is 9.53 Å². The van der Waals surface area contributed by atoms with Crippen molar-refractivity contribution in [3.05, 3.63) is 39.9 Å². The molecule has 0 heterocycles. The van der Waals surface area contributed by atoms with E-state index in [0.29, 0.717) is 13.0 Å². The summed E-state index contributed by atoms with van der Waals surface area (Å²) in [5.74, 6) is -0.190. The first-order valence-electron chi connectivity index (χ1n) is 5.21. The molecule has 0 amide bonds. The highest BCUT2D eigenvalue weighted by Gasteiger charge is 1.97. The largest absolute Gasteiger partial charge is 0.466 e. The Hall–Kier alpha value is -1.09. The van der Waals surface area contributed by atoms with Crippen molar-refractivity contribution < 1.29 is 9.53 Å². The van der Waals surface area contributed by atoms with Gasteiger partial charge in [0.2, 0.25) is 0 Å². The lowest BCUT2D eigenvalue weighted by atomic mass is 10.1. The number of carbonyl (C=O) groups is 1. The Balaban J connectivity index is 2.56. The summed E-state index contributed by atoms with van der Waals surface area (Å²) in [6.07, 6.45) is 4.05. The Bertz CT molecular complexity index is 397. The highest BCUT2D eigenvalue weighted by atomic mass is 79.9. The Labute approximate surface area is 104 Å². The standard InChI is InChI=1S/C13H15BrO2/c1-3-16-13(15)6-4-5-11-8-7-10(2)12(14)9-11/h4-5,7-9H,3,6H2,1-2H3. The molecule has 0 fully saturated rings. The molecule has 0 aliphatic rings. The maximum atomic E-state index is 11.1. The topological polar surface area (TPSA) is 26.3 Å². The Morgan fingerprint density at radius 3 is 2.88 bits per heavy atom. The highest BCUT2D eigenvalue weighted by Crippen LogP contribution is 2.18. The van der Waals surface area contributed by atoms with E-state index in [4.69, 9.17) is 4.74 Å². The lowest BCUT2D eigenvalue weighted by Crippen LogP contribution is -2.01. The summed E-state index contributed by atoms with van der Waals surface area (Å²) in [5, 5.41) is 0. The zero-order valence-electron chi connectivity index (χ0n) is 9.50. The van der Waals surface area contributed by atoms with Crippen LogP contribution in [-0.4, -0.2) is 12.6 Å². The summed E-state index contributed by atoms with van der Waals surface area (Å²) in [6.45, 7) is 4.28. The van der Waals surface area contributed by atoms with Crippen LogP contribution in [0.4, 0.5) is 0 Å². The lowest BCUT2D eigenvalue weighted by Gasteiger charge is -1.99. The highest BCUT2D eigenvalue weighted by molar-refractivity contribution is 9.10. The van der Waals surface area contributed by atoms with Gasteiger partial charge in [-0.3, -0.25) is 4.79 Å². The molecule has 0 saturated heterocycles. The molecule has 0 spiro atoms. The van der Waals surface area contributed by atoms with Crippen LogP contribution in [0, 0.1) is 6.92 Å².